The largest absolute Gasteiger partial charge is 0.463 e. The molecular weight excluding hydrogens is 637 g/mol. The van der Waals surface area contributed by atoms with Crippen LogP contribution in [0.4, 0.5) is 0 Å². The van der Waals surface area contributed by atoms with Crippen LogP contribution in [0.3, 0.4) is 0 Å². The highest BCUT2D eigenvalue weighted by Gasteiger charge is 2.39. The van der Waals surface area contributed by atoms with Gasteiger partial charge in [-0.2, -0.15) is 0 Å². The number of ether oxygens (including phenoxy) is 8. The number of esters is 2. The van der Waals surface area contributed by atoms with Crippen LogP contribution in [0.25, 0.3) is 0 Å². The van der Waals surface area contributed by atoms with Crippen LogP contribution in [0.2, 0.25) is 39.3 Å². The number of carbonyl (C=O) groups is 3. The van der Waals surface area contributed by atoms with Gasteiger partial charge >= 0.3 is 19.5 Å². The van der Waals surface area contributed by atoms with Crippen LogP contribution in [0.5, 0.6) is 0 Å². The van der Waals surface area contributed by atoms with Gasteiger partial charge in [-0.25, -0.2) is 4.79 Å². The summed E-state index contributed by atoms with van der Waals surface area (Å²) in [7, 11) is -5.47. The van der Waals surface area contributed by atoms with Gasteiger partial charge < -0.3 is 51.6 Å². The van der Waals surface area contributed by atoms with Crippen molar-refractivity contribution in [2.75, 3.05) is 99.7 Å². The van der Waals surface area contributed by atoms with Crippen molar-refractivity contribution in [1.29, 1.82) is 0 Å². The molecule has 0 aromatic heterocycles. The quantitative estimate of drug-likeness (QED) is 0.0548. The molecule has 260 valence electrons. The Bertz CT molecular complexity index is 834. The van der Waals surface area contributed by atoms with Crippen LogP contribution in [-0.2, 0) is 65.3 Å². The van der Waals surface area contributed by atoms with Crippen molar-refractivity contribution >= 4 is 42.1 Å². The van der Waals surface area contributed by atoms with Crippen LogP contribution < -0.4 is 5.32 Å². The molecule has 0 heterocycles. The summed E-state index contributed by atoms with van der Waals surface area (Å²) in [6.07, 6.45) is -1.14. The SMILES string of the molecule is COCCOCCOCCOC(=O)C[C@H](NC(=O)CP(=O)(O[Si](C)(C)C)O[Si](C)(C)C)C(=O)OCCOCCOCCOC. The van der Waals surface area contributed by atoms with E-state index in [2.05, 4.69) is 5.32 Å². The highest BCUT2D eigenvalue weighted by atomic mass is 31.2. The summed E-state index contributed by atoms with van der Waals surface area (Å²) in [5.74, 6) is -2.44. The van der Waals surface area contributed by atoms with Crippen LogP contribution in [-0.4, -0.2) is 140 Å². The van der Waals surface area contributed by atoms with Gasteiger partial charge in [-0.3, -0.25) is 14.2 Å². The summed E-state index contributed by atoms with van der Waals surface area (Å²) < 4.78 is 66.6. The number of methoxy groups -OCH3 is 2. The second-order valence-electron chi connectivity index (χ2n) is 11.3. The van der Waals surface area contributed by atoms with Crippen molar-refractivity contribution in [3.8, 4) is 0 Å². The molecule has 0 aliphatic carbocycles. The number of amides is 1. The summed E-state index contributed by atoms with van der Waals surface area (Å²) in [4.78, 5) is 38.4. The van der Waals surface area contributed by atoms with Gasteiger partial charge in [0.2, 0.25) is 5.91 Å². The molecule has 0 saturated carbocycles. The number of hydrogen-bond acceptors (Lipinski definition) is 14. The molecule has 44 heavy (non-hydrogen) atoms. The third kappa shape index (κ3) is 26.0. The Hall–Kier alpha value is -1.25. The molecule has 0 bridgehead atoms. The molecule has 15 nitrogen and oxygen atoms in total. The molecule has 0 saturated heterocycles. The summed E-state index contributed by atoms with van der Waals surface area (Å²) >= 11 is 0. The zero-order chi connectivity index (χ0) is 33.5. The Morgan fingerprint density at radius 1 is 0.614 bits per heavy atom. The van der Waals surface area contributed by atoms with E-state index in [9.17, 15) is 18.9 Å². The monoisotopic (exact) mass is 691 g/mol. The van der Waals surface area contributed by atoms with Gasteiger partial charge in [0.05, 0.1) is 72.5 Å². The van der Waals surface area contributed by atoms with Crippen molar-refractivity contribution in [2.24, 2.45) is 0 Å². The summed E-state index contributed by atoms with van der Waals surface area (Å²) in [6, 6.07) is -1.41. The van der Waals surface area contributed by atoms with E-state index in [4.69, 9.17) is 46.3 Å². The standard InChI is InChI=1S/C26H54NO14PSi2/c1-32-9-11-34-13-15-36-17-19-38-25(29)21-23(26(30)39-20-18-37-16-14-35-12-10-33-2)27-24(28)22-42(31,40-43(3,4)5)41-44(6,7)8/h23H,9-22H2,1-8H3,(H,27,28)/t23-/m0/s1. The van der Waals surface area contributed by atoms with E-state index in [1.54, 1.807) is 14.2 Å². The first-order chi connectivity index (χ1) is 20.6. The molecule has 1 amide bonds. The fourth-order valence-electron chi connectivity index (χ4n) is 3.20. The Morgan fingerprint density at radius 3 is 1.41 bits per heavy atom. The minimum Gasteiger partial charge on any atom is -0.463 e. The van der Waals surface area contributed by atoms with Crippen molar-refractivity contribution < 1.29 is 65.3 Å². The predicted octanol–water partition coefficient (Wildman–Crippen LogP) is 2.20. The molecule has 0 fully saturated rings. The zero-order valence-corrected chi connectivity index (χ0v) is 30.5. The summed E-state index contributed by atoms with van der Waals surface area (Å²) in [6.45, 7) is 14.0. The third-order valence-electron chi connectivity index (χ3n) is 4.72. The van der Waals surface area contributed by atoms with Gasteiger partial charge in [-0.05, 0) is 39.3 Å². The maximum Gasteiger partial charge on any atom is 0.329 e. The fraction of sp³-hybridized carbons (Fsp3) is 0.885. The molecule has 0 aliphatic rings. The van der Waals surface area contributed by atoms with E-state index in [1.165, 1.54) is 0 Å². The third-order valence-corrected chi connectivity index (χ3v) is 12.0. The summed E-state index contributed by atoms with van der Waals surface area (Å²) in [5, 5.41) is 2.44. The lowest BCUT2D eigenvalue weighted by molar-refractivity contribution is -0.155. The minimum absolute atomic E-state index is 0.0698. The molecule has 0 rings (SSSR count). The normalized spacial score (nSPS) is 13.0. The van der Waals surface area contributed by atoms with Crippen molar-refractivity contribution in [3.63, 3.8) is 0 Å². The smallest absolute Gasteiger partial charge is 0.329 e. The van der Waals surface area contributed by atoms with Crippen LogP contribution in [0, 0.1) is 0 Å². The number of rotatable bonds is 28. The van der Waals surface area contributed by atoms with E-state index in [-0.39, 0.29) is 33.0 Å². The van der Waals surface area contributed by atoms with E-state index in [0.717, 1.165) is 0 Å². The van der Waals surface area contributed by atoms with E-state index < -0.39 is 60.7 Å². The summed E-state index contributed by atoms with van der Waals surface area (Å²) in [5.41, 5.74) is 0. The molecule has 0 spiro atoms. The van der Waals surface area contributed by atoms with Gasteiger partial charge in [-0.15, -0.1) is 0 Å². The van der Waals surface area contributed by atoms with Crippen LogP contribution >= 0.6 is 7.60 Å². The first kappa shape index (κ1) is 42.8. The molecular formula is C26H54NO14PSi2. The zero-order valence-electron chi connectivity index (χ0n) is 27.6. The van der Waals surface area contributed by atoms with Crippen LogP contribution in [0.1, 0.15) is 6.42 Å². The first-order valence-corrected chi connectivity index (χ1v) is 23.1. The molecule has 0 aromatic rings. The topological polar surface area (TPSA) is 173 Å². The van der Waals surface area contributed by atoms with Crippen molar-refractivity contribution in [2.45, 2.75) is 51.7 Å². The van der Waals surface area contributed by atoms with Crippen molar-refractivity contribution in [3.05, 3.63) is 0 Å². The molecule has 1 atom stereocenters. The molecule has 18 heteroatoms. The molecule has 0 unspecified atom stereocenters. The van der Waals surface area contributed by atoms with Gasteiger partial charge in [0.1, 0.15) is 25.4 Å². The number of carbonyl (C=O) groups excluding carboxylic acids is 3. The predicted molar refractivity (Wildman–Crippen MR) is 167 cm³/mol. The van der Waals surface area contributed by atoms with Gasteiger partial charge in [0.25, 0.3) is 0 Å². The Kier molecular flexibility index (Phi) is 23.3. The number of nitrogens with one attached hydrogen (secondary N) is 1. The van der Waals surface area contributed by atoms with Gasteiger partial charge in [0, 0.05) is 14.2 Å². The average molecular weight is 692 g/mol. The van der Waals surface area contributed by atoms with Crippen LogP contribution in [0.15, 0.2) is 0 Å². The molecule has 0 aromatic carbocycles. The highest BCUT2D eigenvalue weighted by Crippen LogP contribution is 2.52. The minimum atomic E-state index is -3.85. The molecule has 0 radical (unpaired) electrons. The Labute approximate surface area is 264 Å². The second-order valence-corrected chi connectivity index (χ2v) is 22.8. The average Bonchev–Trinajstić information content (AvgIpc) is 2.88. The Balaban J connectivity index is 5.09. The second kappa shape index (κ2) is 24.0. The Morgan fingerprint density at radius 2 is 1.00 bits per heavy atom. The maximum atomic E-state index is 13.6. The lowest BCUT2D eigenvalue weighted by atomic mass is 10.2. The van der Waals surface area contributed by atoms with E-state index in [0.29, 0.717) is 46.2 Å². The first-order valence-electron chi connectivity index (χ1n) is 14.5. The highest BCUT2D eigenvalue weighted by molar-refractivity contribution is 7.58. The van der Waals surface area contributed by atoms with E-state index in [1.807, 2.05) is 39.3 Å². The molecule has 0 aliphatic heterocycles. The fourth-order valence-corrected chi connectivity index (χ4v) is 11.3. The van der Waals surface area contributed by atoms with Gasteiger partial charge in [-0.1, -0.05) is 0 Å². The van der Waals surface area contributed by atoms with E-state index >= 15 is 0 Å². The lowest BCUT2D eigenvalue weighted by Gasteiger charge is -2.31. The van der Waals surface area contributed by atoms with Gasteiger partial charge in [0.15, 0.2) is 16.6 Å². The number of hydrogen-bond donors (Lipinski definition) is 1. The lowest BCUT2D eigenvalue weighted by Crippen LogP contribution is -2.45. The van der Waals surface area contributed by atoms with Crippen molar-refractivity contribution in [1.82, 2.24) is 5.32 Å². The maximum absolute atomic E-state index is 13.6. The molecule has 1 N–H and O–H groups in total.